The maximum atomic E-state index is 13.0. The molecule has 0 aromatic heterocycles. The maximum absolute atomic E-state index is 13.0. The van der Waals surface area contributed by atoms with E-state index in [4.69, 9.17) is 4.74 Å². The van der Waals surface area contributed by atoms with Crippen molar-refractivity contribution < 1.29 is 19.1 Å². The van der Waals surface area contributed by atoms with E-state index in [1.54, 1.807) is 31.2 Å². The molecule has 25 heavy (non-hydrogen) atoms. The lowest BCUT2D eigenvalue weighted by atomic mass is 9.63. The zero-order valence-corrected chi connectivity index (χ0v) is 13.9. The Hall–Kier alpha value is -2.43. The second-order valence-electron chi connectivity index (χ2n) is 7.43. The molecule has 1 aromatic carbocycles. The van der Waals surface area contributed by atoms with Crippen LogP contribution in [0.5, 0.6) is 0 Å². The molecule has 6 rings (SSSR count). The Balaban J connectivity index is 1.45. The number of hydrogen-bond acceptors (Lipinski definition) is 4. The van der Waals surface area contributed by atoms with Gasteiger partial charge >= 0.3 is 5.97 Å². The number of imide groups is 1. The van der Waals surface area contributed by atoms with Gasteiger partial charge in [0, 0.05) is 0 Å². The topological polar surface area (TPSA) is 63.7 Å². The van der Waals surface area contributed by atoms with Crippen molar-refractivity contribution in [3.05, 3.63) is 42.0 Å². The molecule has 0 radical (unpaired) electrons. The van der Waals surface area contributed by atoms with Crippen molar-refractivity contribution in [3.63, 3.8) is 0 Å². The molecule has 3 fully saturated rings. The van der Waals surface area contributed by atoms with E-state index in [0.29, 0.717) is 29.7 Å². The van der Waals surface area contributed by atoms with E-state index in [9.17, 15) is 14.4 Å². The van der Waals surface area contributed by atoms with Crippen molar-refractivity contribution in [3.8, 4) is 0 Å². The van der Waals surface area contributed by atoms with Gasteiger partial charge in [0.2, 0.25) is 11.8 Å². The number of ether oxygens (including phenoxy) is 1. The molecule has 5 nitrogen and oxygen atoms in total. The van der Waals surface area contributed by atoms with Gasteiger partial charge in [0.25, 0.3) is 0 Å². The molecule has 1 saturated heterocycles. The molecule has 0 spiro atoms. The third-order valence-electron chi connectivity index (χ3n) is 6.30. The number of anilines is 1. The summed E-state index contributed by atoms with van der Waals surface area (Å²) < 4.78 is 4.97. The fourth-order valence-electron chi connectivity index (χ4n) is 5.17. The summed E-state index contributed by atoms with van der Waals surface area (Å²) >= 11 is 0. The van der Waals surface area contributed by atoms with Crippen molar-refractivity contribution in [1.82, 2.24) is 0 Å². The zero-order chi connectivity index (χ0) is 17.3. The monoisotopic (exact) mass is 337 g/mol. The quantitative estimate of drug-likeness (QED) is 0.483. The summed E-state index contributed by atoms with van der Waals surface area (Å²) in [6.07, 6.45) is 5.49. The average Bonchev–Trinajstić information content (AvgIpc) is 3.40. The average molecular weight is 337 g/mol. The Morgan fingerprint density at radius 2 is 1.60 bits per heavy atom. The molecule has 2 amide bonds. The van der Waals surface area contributed by atoms with Crippen LogP contribution in [0.25, 0.3) is 0 Å². The number of esters is 1. The summed E-state index contributed by atoms with van der Waals surface area (Å²) in [7, 11) is 0. The SMILES string of the molecule is CCOC(=O)c1ccc(N2C(=O)[C@@H]3[C@@H]4C=C[C@H]([C@@H]5C[C@H]45)[C@@H]3C2=O)cc1. The highest BCUT2D eigenvalue weighted by molar-refractivity contribution is 6.22. The van der Waals surface area contributed by atoms with Crippen molar-refractivity contribution >= 4 is 23.5 Å². The van der Waals surface area contributed by atoms with Gasteiger partial charge in [0.1, 0.15) is 0 Å². The van der Waals surface area contributed by atoms with Crippen LogP contribution in [0, 0.1) is 35.5 Å². The highest BCUT2D eigenvalue weighted by Crippen LogP contribution is 2.65. The zero-order valence-electron chi connectivity index (χ0n) is 13.9. The molecule has 128 valence electrons. The lowest BCUT2D eigenvalue weighted by Gasteiger charge is -2.37. The largest absolute Gasteiger partial charge is 0.462 e. The van der Waals surface area contributed by atoms with Gasteiger partial charge in [-0.15, -0.1) is 0 Å². The van der Waals surface area contributed by atoms with Crippen LogP contribution >= 0.6 is 0 Å². The van der Waals surface area contributed by atoms with Crippen LogP contribution in [-0.4, -0.2) is 24.4 Å². The summed E-state index contributed by atoms with van der Waals surface area (Å²) in [4.78, 5) is 39.1. The molecule has 0 N–H and O–H groups in total. The van der Waals surface area contributed by atoms with E-state index in [1.165, 1.54) is 4.90 Å². The van der Waals surface area contributed by atoms with Crippen LogP contribution in [0.2, 0.25) is 0 Å². The number of hydrogen-bond donors (Lipinski definition) is 0. The van der Waals surface area contributed by atoms with Crippen LogP contribution in [0.15, 0.2) is 36.4 Å². The summed E-state index contributed by atoms with van der Waals surface area (Å²) in [5, 5.41) is 0. The highest BCUT2D eigenvalue weighted by atomic mass is 16.5. The molecule has 0 unspecified atom stereocenters. The molecule has 2 saturated carbocycles. The Bertz CT molecular complexity index is 775. The van der Waals surface area contributed by atoms with Gasteiger partial charge in [0.15, 0.2) is 0 Å². The second-order valence-corrected chi connectivity index (χ2v) is 7.43. The second kappa shape index (κ2) is 5.04. The van der Waals surface area contributed by atoms with Crippen LogP contribution in [-0.2, 0) is 14.3 Å². The molecule has 6 atom stereocenters. The predicted octanol–water partition coefficient (Wildman–Crippen LogP) is 2.42. The van der Waals surface area contributed by atoms with Crippen molar-refractivity contribution in [2.75, 3.05) is 11.5 Å². The standard InChI is InChI=1S/C20H19NO4/c1-2-25-20(24)10-3-5-11(6-4-10)21-18(22)16-12-7-8-13(15-9-14(12)15)17(16)19(21)23/h3-8,12-17H,2,9H2,1H3/t12-,13-,14-,15+,16-,17+/m1/s1. The first-order chi connectivity index (χ1) is 12.1. The molecule has 1 aromatic rings. The van der Waals surface area contributed by atoms with E-state index >= 15 is 0 Å². The number of amides is 2. The maximum Gasteiger partial charge on any atom is 0.338 e. The van der Waals surface area contributed by atoms with Gasteiger partial charge in [0.05, 0.1) is 29.7 Å². The summed E-state index contributed by atoms with van der Waals surface area (Å²) in [6.45, 7) is 2.06. The van der Waals surface area contributed by atoms with Crippen LogP contribution < -0.4 is 4.90 Å². The molecule has 1 aliphatic heterocycles. The van der Waals surface area contributed by atoms with E-state index in [1.807, 2.05) is 0 Å². The number of carbonyl (C=O) groups excluding carboxylic acids is 3. The molecular formula is C20H19NO4. The van der Waals surface area contributed by atoms with Crippen molar-refractivity contribution in [2.24, 2.45) is 35.5 Å². The third-order valence-corrected chi connectivity index (χ3v) is 6.30. The van der Waals surface area contributed by atoms with Crippen molar-refractivity contribution in [1.29, 1.82) is 0 Å². The van der Waals surface area contributed by atoms with E-state index < -0.39 is 5.97 Å². The fourth-order valence-corrected chi connectivity index (χ4v) is 5.17. The number of carbonyl (C=O) groups is 3. The molecule has 4 aliphatic carbocycles. The summed E-state index contributed by atoms with van der Waals surface area (Å²) in [5.74, 6) is 0.682. The fraction of sp³-hybridized carbons (Fsp3) is 0.450. The Labute approximate surface area is 145 Å². The first-order valence-corrected chi connectivity index (χ1v) is 8.95. The minimum atomic E-state index is -0.399. The summed E-state index contributed by atoms with van der Waals surface area (Å²) in [6, 6.07) is 6.55. The molecule has 5 heteroatoms. The predicted molar refractivity (Wildman–Crippen MR) is 89.6 cm³/mol. The minimum Gasteiger partial charge on any atom is -0.462 e. The minimum absolute atomic E-state index is 0.0800. The van der Waals surface area contributed by atoms with Gasteiger partial charge in [-0.2, -0.15) is 0 Å². The molecular weight excluding hydrogens is 318 g/mol. The number of allylic oxidation sites excluding steroid dienone is 2. The van der Waals surface area contributed by atoms with Crippen molar-refractivity contribution in [2.45, 2.75) is 13.3 Å². The van der Waals surface area contributed by atoms with Gasteiger partial charge in [-0.25, -0.2) is 4.79 Å². The van der Waals surface area contributed by atoms with E-state index in [0.717, 1.165) is 6.42 Å². The number of nitrogens with zero attached hydrogens (tertiary/aromatic N) is 1. The smallest absolute Gasteiger partial charge is 0.338 e. The Morgan fingerprint density at radius 1 is 1.04 bits per heavy atom. The van der Waals surface area contributed by atoms with E-state index in [-0.39, 0.29) is 35.5 Å². The van der Waals surface area contributed by atoms with Gasteiger partial charge in [-0.3, -0.25) is 14.5 Å². The van der Waals surface area contributed by atoms with Crippen LogP contribution in [0.4, 0.5) is 5.69 Å². The lowest BCUT2D eigenvalue weighted by molar-refractivity contribution is -0.124. The van der Waals surface area contributed by atoms with Gasteiger partial charge < -0.3 is 4.74 Å². The third kappa shape index (κ3) is 1.92. The molecule has 1 heterocycles. The highest BCUT2D eigenvalue weighted by Gasteiger charge is 2.67. The Kier molecular flexibility index (Phi) is 3.00. The van der Waals surface area contributed by atoms with Crippen LogP contribution in [0.1, 0.15) is 23.7 Å². The van der Waals surface area contributed by atoms with Gasteiger partial charge in [-0.1, -0.05) is 12.2 Å². The number of rotatable bonds is 3. The lowest BCUT2D eigenvalue weighted by Crippen LogP contribution is -2.40. The van der Waals surface area contributed by atoms with E-state index in [2.05, 4.69) is 12.2 Å². The normalized spacial score (nSPS) is 37.1. The summed E-state index contributed by atoms with van der Waals surface area (Å²) in [5.41, 5.74) is 0.968. The van der Waals surface area contributed by atoms with Gasteiger partial charge in [-0.05, 0) is 61.3 Å². The van der Waals surface area contributed by atoms with Crippen LogP contribution in [0.3, 0.4) is 0 Å². The molecule has 2 bridgehead atoms. The molecule has 5 aliphatic rings. The first kappa shape index (κ1) is 14.9. The Morgan fingerprint density at radius 3 is 2.12 bits per heavy atom. The first-order valence-electron chi connectivity index (χ1n) is 8.95. The number of benzene rings is 1.